The Morgan fingerprint density at radius 3 is 1.81 bits per heavy atom. The maximum atomic E-state index is 14.0. The van der Waals surface area contributed by atoms with Gasteiger partial charge in [-0.3, -0.25) is 0 Å². The van der Waals surface area contributed by atoms with Gasteiger partial charge in [0.2, 0.25) is 0 Å². The molecule has 0 aliphatic rings. The Balaban J connectivity index is 2.29. The Bertz CT molecular complexity index is 780. The minimum absolute atomic E-state index is 0.332. The van der Waals surface area contributed by atoms with Crippen LogP contribution >= 0.6 is 0 Å². The molecule has 0 aliphatic carbocycles. The van der Waals surface area contributed by atoms with Gasteiger partial charge >= 0.3 is 0 Å². The van der Waals surface area contributed by atoms with E-state index in [0.29, 0.717) is 11.1 Å². The zero-order valence-corrected chi connectivity index (χ0v) is 11.0. The van der Waals surface area contributed by atoms with E-state index in [0.717, 1.165) is 17.7 Å². The van der Waals surface area contributed by atoms with E-state index in [-0.39, 0.29) is 5.56 Å². The smallest absolute Gasteiger partial charge is 0.169 e. The molecule has 3 aromatic rings. The molecule has 0 N–H and O–H groups in total. The van der Waals surface area contributed by atoms with Crippen LogP contribution in [0.2, 0.25) is 0 Å². The van der Waals surface area contributed by atoms with Gasteiger partial charge in [-0.2, -0.15) is 0 Å². The van der Waals surface area contributed by atoms with Crippen LogP contribution in [0.1, 0.15) is 0 Å². The maximum Gasteiger partial charge on any atom is 0.169 e. The van der Waals surface area contributed by atoms with E-state index in [4.69, 9.17) is 0 Å². The van der Waals surface area contributed by atoms with Crippen LogP contribution in [-0.4, -0.2) is 0 Å². The van der Waals surface area contributed by atoms with Crippen LogP contribution in [0.4, 0.5) is 13.2 Å². The van der Waals surface area contributed by atoms with Gasteiger partial charge in [0.1, 0.15) is 5.82 Å². The van der Waals surface area contributed by atoms with Gasteiger partial charge in [-0.25, -0.2) is 13.2 Å². The van der Waals surface area contributed by atoms with E-state index < -0.39 is 17.5 Å². The van der Waals surface area contributed by atoms with Gasteiger partial charge in [0.05, 0.1) is 5.56 Å². The molecule has 104 valence electrons. The lowest BCUT2D eigenvalue weighted by Gasteiger charge is -2.12. The number of benzene rings is 3. The molecule has 0 fully saturated rings. The van der Waals surface area contributed by atoms with Crippen LogP contribution in [-0.2, 0) is 0 Å². The van der Waals surface area contributed by atoms with E-state index >= 15 is 0 Å². The second-order valence-electron chi connectivity index (χ2n) is 4.63. The number of halogens is 3. The minimum Gasteiger partial charge on any atom is -0.206 e. The van der Waals surface area contributed by atoms with Crippen LogP contribution in [0, 0.1) is 17.5 Å². The molecule has 0 unspecified atom stereocenters. The van der Waals surface area contributed by atoms with Gasteiger partial charge < -0.3 is 0 Å². The summed E-state index contributed by atoms with van der Waals surface area (Å²) in [6.07, 6.45) is 0. The van der Waals surface area contributed by atoms with Crippen molar-refractivity contribution in [2.24, 2.45) is 0 Å². The fourth-order valence-electron chi connectivity index (χ4n) is 2.34. The summed E-state index contributed by atoms with van der Waals surface area (Å²) < 4.78 is 41.5. The lowest BCUT2D eigenvalue weighted by Crippen LogP contribution is -1.96. The molecule has 21 heavy (non-hydrogen) atoms. The second kappa shape index (κ2) is 5.44. The van der Waals surface area contributed by atoms with Crippen molar-refractivity contribution in [2.45, 2.75) is 0 Å². The van der Waals surface area contributed by atoms with Crippen LogP contribution in [0.25, 0.3) is 22.3 Å². The zero-order valence-electron chi connectivity index (χ0n) is 11.0. The Labute approximate surface area is 120 Å². The maximum absolute atomic E-state index is 14.0. The molecular weight excluding hydrogens is 273 g/mol. The topological polar surface area (TPSA) is 0 Å². The van der Waals surface area contributed by atoms with E-state index in [1.54, 1.807) is 24.3 Å². The summed E-state index contributed by atoms with van der Waals surface area (Å²) in [7, 11) is 0. The predicted molar refractivity (Wildman–Crippen MR) is 77.2 cm³/mol. The highest BCUT2D eigenvalue weighted by atomic mass is 19.2. The Kier molecular flexibility index (Phi) is 3.48. The molecule has 0 atom stereocenters. The Hall–Kier alpha value is -2.55. The van der Waals surface area contributed by atoms with Crippen LogP contribution in [0.5, 0.6) is 0 Å². The average molecular weight is 284 g/mol. The van der Waals surface area contributed by atoms with E-state index in [9.17, 15) is 13.2 Å². The molecule has 0 nitrogen and oxygen atoms in total. The highest BCUT2D eigenvalue weighted by molar-refractivity contribution is 5.83. The first-order valence-electron chi connectivity index (χ1n) is 6.47. The third kappa shape index (κ3) is 2.42. The normalized spacial score (nSPS) is 10.6. The summed E-state index contributed by atoms with van der Waals surface area (Å²) in [4.78, 5) is 0. The molecule has 0 aromatic heterocycles. The quantitative estimate of drug-likeness (QED) is 0.550. The summed E-state index contributed by atoms with van der Waals surface area (Å²) >= 11 is 0. The van der Waals surface area contributed by atoms with Crippen molar-refractivity contribution in [3.63, 3.8) is 0 Å². The molecule has 0 saturated heterocycles. The summed E-state index contributed by atoms with van der Waals surface area (Å²) in [5, 5.41) is 0. The van der Waals surface area contributed by atoms with Gasteiger partial charge in [-0.1, -0.05) is 54.6 Å². The number of rotatable bonds is 2. The lowest BCUT2D eigenvalue weighted by atomic mass is 9.94. The molecule has 0 radical (unpaired) electrons. The monoisotopic (exact) mass is 284 g/mol. The van der Waals surface area contributed by atoms with Crippen molar-refractivity contribution in [1.29, 1.82) is 0 Å². The summed E-state index contributed by atoms with van der Waals surface area (Å²) in [5.74, 6) is -3.01. The predicted octanol–water partition coefficient (Wildman–Crippen LogP) is 5.44. The third-order valence-electron chi connectivity index (χ3n) is 3.33. The van der Waals surface area contributed by atoms with Gasteiger partial charge in [-0.05, 0) is 28.8 Å². The molecule has 3 heteroatoms. The highest BCUT2D eigenvalue weighted by Gasteiger charge is 2.18. The first kappa shape index (κ1) is 13.4. The number of hydrogen-bond donors (Lipinski definition) is 0. The molecular formula is C18H11F3. The van der Waals surface area contributed by atoms with Gasteiger partial charge in [0.15, 0.2) is 11.6 Å². The third-order valence-corrected chi connectivity index (χ3v) is 3.33. The molecule has 0 spiro atoms. The molecule has 3 aromatic carbocycles. The molecule has 0 amide bonds. The number of hydrogen-bond acceptors (Lipinski definition) is 0. The largest absolute Gasteiger partial charge is 0.206 e. The van der Waals surface area contributed by atoms with Crippen LogP contribution in [0.15, 0.2) is 66.7 Å². The first-order valence-corrected chi connectivity index (χ1v) is 6.47. The molecule has 0 saturated carbocycles. The SMILES string of the molecule is Fc1ccc(F)c(-c2ccccc2-c2ccccc2)c1F. The molecule has 0 bridgehead atoms. The van der Waals surface area contributed by atoms with Crippen molar-refractivity contribution in [3.05, 3.63) is 84.2 Å². The minimum atomic E-state index is -1.17. The van der Waals surface area contributed by atoms with E-state index in [1.807, 2.05) is 30.3 Å². The van der Waals surface area contributed by atoms with Crippen molar-refractivity contribution in [3.8, 4) is 22.3 Å². The average Bonchev–Trinajstić information content (AvgIpc) is 2.53. The molecule has 3 rings (SSSR count). The second-order valence-corrected chi connectivity index (χ2v) is 4.63. The molecule has 0 heterocycles. The van der Waals surface area contributed by atoms with Gasteiger partial charge in [0.25, 0.3) is 0 Å². The summed E-state index contributed by atoms with van der Waals surface area (Å²) in [5.41, 5.74) is 1.46. The van der Waals surface area contributed by atoms with E-state index in [2.05, 4.69) is 0 Å². The van der Waals surface area contributed by atoms with Crippen LogP contribution in [0.3, 0.4) is 0 Å². The Morgan fingerprint density at radius 1 is 0.524 bits per heavy atom. The molecule has 0 aliphatic heterocycles. The van der Waals surface area contributed by atoms with Crippen molar-refractivity contribution in [1.82, 2.24) is 0 Å². The fraction of sp³-hybridized carbons (Fsp3) is 0. The van der Waals surface area contributed by atoms with E-state index in [1.165, 1.54) is 0 Å². The summed E-state index contributed by atoms with van der Waals surface area (Å²) in [6, 6.07) is 17.7. The van der Waals surface area contributed by atoms with Crippen molar-refractivity contribution in [2.75, 3.05) is 0 Å². The first-order chi connectivity index (χ1) is 10.2. The van der Waals surface area contributed by atoms with Crippen molar-refractivity contribution < 1.29 is 13.2 Å². The Morgan fingerprint density at radius 2 is 1.10 bits per heavy atom. The van der Waals surface area contributed by atoms with Gasteiger partial charge in [0, 0.05) is 0 Å². The summed E-state index contributed by atoms with van der Waals surface area (Å²) in [6.45, 7) is 0. The van der Waals surface area contributed by atoms with Crippen LogP contribution < -0.4 is 0 Å². The fourth-order valence-corrected chi connectivity index (χ4v) is 2.34. The zero-order chi connectivity index (χ0) is 14.8. The van der Waals surface area contributed by atoms with Crippen molar-refractivity contribution >= 4 is 0 Å². The van der Waals surface area contributed by atoms with Gasteiger partial charge in [-0.15, -0.1) is 0 Å². The standard InChI is InChI=1S/C18H11F3/c19-15-10-11-16(20)18(21)17(15)14-9-5-4-8-13(14)12-6-2-1-3-7-12/h1-11H. The lowest BCUT2D eigenvalue weighted by molar-refractivity contribution is 0.499. The highest BCUT2D eigenvalue weighted by Crippen LogP contribution is 2.35.